The van der Waals surface area contributed by atoms with Crippen LogP contribution in [0.2, 0.25) is 0 Å². The van der Waals surface area contributed by atoms with Gasteiger partial charge in [-0.2, -0.15) is 0 Å². The average Bonchev–Trinajstić information content (AvgIpc) is 2.40. The van der Waals surface area contributed by atoms with Crippen LogP contribution in [-0.4, -0.2) is 37.4 Å². The van der Waals surface area contributed by atoms with E-state index in [4.69, 9.17) is 0 Å². The van der Waals surface area contributed by atoms with Crippen LogP contribution in [0.25, 0.3) is 0 Å². The van der Waals surface area contributed by atoms with Crippen molar-refractivity contribution in [1.82, 2.24) is 10.3 Å². The summed E-state index contributed by atoms with van der Waals surface area (Å²) in [6.07, 6.45) is 2.64. The van der Waals surface area contributed by atoms with Crippen LogP contribution in [0.1, 0.15) is 12.8 Å². The van der Waals surface area contributed by atoms with E-state index in [1.54, 1.807) is 6.20 Å². The van der Waals surface area contributed by atoms with Gasteiger partial charge in [-0.25, -0.2) is 4.98 Å². The lowest BCUT2D eigenvalue weighted by Gasteiger charge is -2.21. The highest BCUT2D eigenvalue weighted by molar-refractivity contribution is 5.94. The quantitative estimate of drug-likeness (QED) is 0.837. The summed E-state index contributed by atoms with van der Waals surface area (Å²) < 4.78 is 0. The number of anilines is 2. The Morgan fingerprint density at radius 1 is 1.47 bits per heavy atom. The number of hydrogen-bond acceptors (Lipinski definition) is 4. The Balaban J connectivity index is 1.93. The molecule has 2 amide bonds. The maximum atomic E-state index is 12.0. The van der Waals surface area contributed by atoms with Gasteiger partial charge in [0.25, 0.3) is 0 Å². The third-order valence-corrected chi connectivity index (χ3v) is 3.11. The van der Waals surface area contributed by atoms with E-state index >= 15 is 0 Å². The number of amides is 2. The van der Waals surface area contributed by atoms with Crippen molar-refractivity contribution >= 4 is 23.3 Å². The van der Waals surface area contributed by atoms with E-state index in [1.165, 1.54) is 0 Å². The summed E-state index contributed by atoms with van der Waals surface area (Å²) in [6.45, 7) is 0.411. The minimum Gasteiger partial charge on any atom is -0.363 e. The van der Waals surface area contributed by atoms with Gasteiger partial charge in [0.1, 0.15) is 5.82 Å². The molecule has 0 aromatic carbocycles. The molecule has 1 saturated heterocycles. The lowest BCUT2D eigenvalue weighted by Crippen LogP contribution is -2.40. The van der Waals surface area contributed by atoms with Crippen LogP contribution in [0.4, 0.5) is 11.5 Å². The molecule has 1 aliphatic rings. The van der Waals surface area contributed by atoms with Gasteiger partial charge in [0, 0.05) is 27.1 Å². The molecule has 1 atom stereocenters. The lowest BCUT2D eigenvalue weighted by atomic mass is 9.98. The number of piperidine rings is 1. The molecule has 6 nitrogen and oxygen atoms in total. The summed E-state index contributed by atoms with van der Waals surface area (Å²) in [7, 11) is 3.82. The zero-order chi connectivity index (χ0) is 13.8. The number of carbonyl (C=O) groups is 2. The Kier molecular flexibility index (Phi) is 3.99. The maximum absolute atomic E-state index is 12.0. The molecular weight excluding hydrogens is 244 g/mol. The molecule has 2 rings (SSSR count). The molecule has 0 saturated carbocycles. The number of hydrogen-bond donors (Lipinski definition) is 2. The second kappa shape index (κ2) is 5.69. The average molecular weight is 262 g/mol. The highest BCUT2D eigenvalue weighted by Crippen LogP contribution is 2.16. The van der Waals surface area contributed by atoms with Gasteiger partial charge in [-0.15, -0.1) is 0 Å². The molecule has 2 heterocycles. The molecule has 102 valence electrons. The summed E-state index contributed by atoms with van der Waals surface area (Å²) in [5.74, 6) is 0.620. The van der Waals surface area contributed by atoms with Crippen LogP contribution in [0.5, 0.6) is 0 Å². The number of pyridine rings is 1. The fourth-order valence-corrected chi connectivity index (χ4v) is 1.93. The molecular formula is C13H18N4O2. The van der Waals surface area contributed by atoms with Gasteiger partial charge < -0.3 is 15.5 Å². The molecule has 19 heavy (non-hydrogen) atoms. The Bertz CT molecular complexity index is 460. The summed E-state index contributed by atoms with van der Waals surface area (Å²) in [5.41, 5.74) is 0.674. The molecule has 2 N–H and O–H groups in total. The van der Waals surface area contributed by atoms with Crippen molar-refractivity contribution in [3.8, 4) is 0 Å². The van der Waals surface area contributed by atoms with Crippen molar-refractivity contribution in [3.05, 3.63) is 18.3 Å². The van der Waals surface area contributed by atoms with Crippen molar-refractivity contribution in [2.24, 2.45) is 5.92 Å². The SMILES string of the molecule is CN(C)c1ccc(NC(=O)[C@@H]2CCC(=O)NC2)cn1. The Morgan fingerprint density at radius 2 is 2.26 bits per heavy atom. The zero-order valence-electron chi connectivity index (χ0n) is 11.1. The number of nitrogens with zero attached hydrogens (tertiary/aromatic N) is 2. The predicted molar refractivity (Wildman–Crippen MR) is 72.9 cm³/mol. The van der Waals surface area contributed by atoms with E-state index in [0.717, 1.165) is 5.82 Å². The van der Waals surface area contributed by atoms with Gasteiger partial charge in [0.15, 0.2) is 0 Å². The highest BCUT2D eigenvalue weighted by atomic mass is 16.2. The molecule has 0 bridgehead atoms. The number of nitrogens with one attached hydrogen (secondary N) is 2. The fourth-order valence-electron chi connectivity index (χ4n) is 1.93. The van der Waals surface area contributed by atoms with E-state index in [9.17, 15) is 9.59 Å². The van der Waals surface area contributed by atoms with Gasteiger partial charge in [-0.05, 0) is 18.6 Å². The van der Waals surface area contributed by atoms with Gasteiger partial charge in [0.2, 0.25) is 11.8 Å². The lowest BCUT2D eigenvalue weighted by molar-refractivity contribution is -0.126. The van der Waals surface area contributed by atoms with E-state index in [-0.39, 0.29) is 17.7 Å². The molecule has 6 heteroatoms. The predicted octanol–water partition coefficient (Wildman–Crippen LogP) is 0.612. The third kappa shape index (κ3) is 3.43. The summed E-state index contributed by atoms with van der Waals surface area (Å²) in [4.78, 5) is 29.1. The Hall–Kier alpha value is -2.11. The first-order chi connectivity index (χ1) is 9.06. The fraction of sp³-hybridized carbons (Fsp3) is 0.462. The minimum atomic E-state index is -0.161. The van der Waals surface area contributed by atoms with Gasteiger partial charge in [-0.1, -0.05) is 0 Å². The largest absolute Gasteiger partial charge is 0.363 e. The van der Waals surface area contributed by atoms with Crippen LogP contribution < -0.4 is 15.5 Å². The van der Waals surface area contributed by atoms with Crippen LogP contribution in [0, 0.1) is 5.92 Å². The van der Waals surface area contributed by atoms with Crippen molar-refractivity contribution < 1.29 is 9.59 Å². The van der Waals surface area contributed by atoms with Crippen LogP contribution >= 0.6 is 0 Å². The van der Waals surface area contributed by atoms with Crippen molar-refractivity contribution in [1.29, 1.82) is 0 Å². The third-order valence-electron chi connectivity index (χ3n) is 3.11. The van der Waals surface area contributed by atoms with E-state index < -0.39 is 0 Å². The highest BCUT2D eigenvalue weighted by Gasteiger charge is 2.24. The smallest absolute Gasteiger partial charge is 0.229 e. The summed E-state index contributed by atoms with van der Waals surface area (Å²) in [5, 5.41) is 5.52. The first kappa shape index (κ1) is 13.3. The number of carbonyl (C=O) groups excluding carboxylic acids is 2. The summed E-state index contributed by atoms with van der Waals surface area (Å²) in [6, 6.07) is 3.67. The standard InChI is InChI=1S/C13H18N4O2/c1-17(2)11-5-4-10(8-14-11)16-13(19)9-3-6-12(18)15-7-9/h4-5,8-9H,3,6-7H2,1-2H3,(H,15,18)(H,16,19)/t9-/m1/s1. The van der Waals surface area contributed by atoms with Gasteiger partial charge in [0.05, 0.1) is 17.8 Å². The van der Waals surface area contributed by atoms with Crippen LogP contribution in [0.15, 0.2) is 18.3 Å². The van der Waals surface area contributed by atoms with Crippen LogP contribution in [0.3, 0.4) is 0 Å². The van der Waals surface area contributed by atoms with E-state index in [2.05, 4.69) is 15.6 Å². The topological polar surface area (TPSA) is 74.3 Å². The molecule has 0 aliphatic carbocycles. The molecule has 0 radical (unpaired) electrons. The molecule has 1 fully saturated rings. The second-order valence-corrected chi connectivity index (χ2v) is 4.83. The molecule has 1 aliphatic heterocycles. The minimum absolute atomic E-state index is 0.0149. The Morgan fingerprint density at radius 3 is 2.79 bits per heavy atom. The van der Waals surface area contributed by atoms with Crippen LogP contribution in [-0.2, 0) is 9.59 Å². The van der Waals surface area contributed by atoms with E-state index in [0.29, 0.717) is 25.1 Å². The first-order valence-electron chi connectivity index (χ1n) is 6.27. The molecule has 1 aromatic heterocycles. The van der Waals surface area contributed by atoms with Crippen molar-refractivity contribution in [2.45, 2.75) is 12.8 Å². The number of aromatic nitrogens is 1. The van der Waals surface area contributed by atoms with E-state index in [1.807, 2.05) is 31.1 Å². The first-order valence-corrected chi connectivity index (χ1v) is 6.27. The normalized spacial score (nSPS) is 18.6. The maximum Gasteiger partial charge on any atom is 0.229 e. The molecule has 0 unspecified atom stereocenters. The molecule has 0 spiro atoms. The number of rotatable bonds is 3. The molecule has 1 aromatic rings. The monoisotopic (exact) mass is 262 g/mol. The second-order valence-electron chi connectivity index (χ2n) is 4.83. The van der Waals surface area contributed by atoms with Crippen molar-refractivity contribution in [2.75, 3.05) is 30.9 Å². The van der Waals surface area contributed by atoms with Gasteiger partial charge >= 0.3 is 0 Å². The zero-order valence-corrected chi connectivity index (χ0v) is 11.1. The Labute approximate surface area is 112 Å². The van der Waals surface area contributed by atoms with Gasteiger partial charge in [-0.3, -0.25) is 9.59 Å². The van der Waals surface area contributed by atoms with Crippen molar-refractivity contribution in [3.63, 3.8) is 0 Å². The summed E-state index contributed by atoms with van der Waals surface area (Å²) >= 11 is 0.